The first-order chi connectivity index (χ1) is 13.0. The van der Waals surface area contributed by atoms with Gasteiger partial charge in [-0.3, -0.25) is 14.5 Å². The van der Waals surface area contributed by atoms with E-state index in [0.29, 0.717) is 30.3 Å². The van der Waals surface area contributed by atoms with Crippen LogP contribution in [0.1, 0.15) is 49.2 Å². The molecule has 142 valence electrons. The van der Waals surface area contributed by atoms with Crippen LogP contribution in [0.15, 0.2) is 48.5 Å². The molecule has 0 saturated carbocycles. The molecule has 2 amide bonds. The lowest BCUT2D eigenvalue weighted by molar-refractivity contribution is -0.122. The summed E-state index contributed by atoms with van der Waals surface area (Å²) >= 11 is 0. The molecule has 0 aliphatic carbocycles. The highest BCUT2D eigenvalue weighted by atomic mass is 16.5. The van der Waals surface area contributed by atoms with E-state index in [1.165, 1.54) is 0 Å². The minimum Gasteiger partial charge on any atom is -0.494 e. The number of rotatable bonds is 7. The Bertz CT molecular complexity index is 815. The van der Waals surface area contributed by atoms with E-state index in [9.17, 15) is 9.59 Å². The minimum atomic E-state index is -0.654. The summed E-state index contributed by atoms with van der Waals surface area (Å²) in [5.41, 5.74) is 2.01. The Morgan fingerprint density at radius 1 is 1.15 bits per heavy atom. The number of nitrogens with one attached hydrogen (secondary N) is 1. The molecule has 1 atom stereocenters. The Kier molecular flexibility index (Phi) is 5.79. The van der Waals surface area contributed by atoms with Gasteiger partial charge in [0.1, 0.15) is 11.8 Å². The molecule has 0 bridgehead atoms. The highest BCUT2D eigenvalue weighted by Gasteiger charge is 2.41. The topological polar surface area (TPSA) is 58.6 Å². The van der Waals surface area contributed by atoms with Gasteiger partial charge in [-0.15, -0.1) is 0 Å². The Labute approximate surface area is 160 Å². The van der Waals surface area contributed by atoms with Gasteiger partial charge in [0.2, 0.25) is 5.91 Å². The molecule has 5 heteroatoms. The number of amides is 2. The molecule has 1 heterocycles. The molecule has 5 nitrogen and oxygen atoms in total. The van der Waals surface area contributed by atoms with Gasteiger partial charge in [-0.05, 0) is 55.2 Å². The third-order valence-electron chi connectivity index (χ3n) is 4.66. The lowest BCUT2D eigenvalue weighted by Crippen LogP contribution is -2.39. The summed E-state index contributed by atoms with van der Waals surface area (Å²) in [7, 11) is 0. The third kappa shape index (κ3) is 3.97. The second kappa shape index (κ2) is 8.25. The second-order valence-electron chi connectivity index (χ2n) is 7.07. The number of hydrogen-bond donors (Lipinski definition) is 1. The number of carbonyl (C=O) groups excluding carboxylic acids is 2. The monoisotopic (exact) mass is 366 g/mol. The summed E-state index contributed by atoms with van der Waals surface area (Å²) in [4.78, 5) is 27.6. The Morgan fingerprint density at radius 3 is 2.52 bits per heavy atom. The van der Waals surface area contributed by atoms with E-state index in [2.05, 4.69) is 19.2 Å². The summed E-state index contributed by atoms with van der Waals surface area (Å²) in [5.74, 6) is 0.940. The van der Waals surface area contributed by atoms with Crippen LogP contribution in [0.4, 0.5) is 5.69 Å². The zero-order chi connectivity index (χ0) is 19.4. The van der Waals surface area contributed by atoms with Gasteiger partial charge in [-0.1, -0.05) is 32.0 Å². The van der Waals surface area contributed by atoms with Gasteiger partial charge in [-0.2, -0.15) is 0 Å². The molecule has 2 aromatic rings. The van der Waals surface area contributed by atoms with E-state index < -0.39 is 6.04 Å². The third-order valence-corrected chi connectivity index (χ3v) is 4.66. The summed E-state index contributed by atoms with van der Waals surface area (Å²) in [5, 5.41) is 2.99. The molecular weight excluding hydrogens is 340 g/mol. The van der Waals surface area contributed by atoms with Gasteiger partial charge in [0.25, 0.3) is 5.91 Å². The van der Waals surface area contributed by atoms with Crippen LogP contribution in [0.25, 0.3) is 0 Å². The SMILES string of the molecule is CCOc1ccc(N2C(=O)c3ccccc3[C@@H]2C(=O)NCCC(C)C)cc1. The van der Waals surface area contributed by atoms with Gasteiger partial charge >= 0.3 is 0 Å². The van der Waals surface area contributed by atoms with Gasteiger partial charge in [-0.25, -0.2) is 0 Å². The van der Waals surface area contributed by atoms with Crippen LogP contribution in [0.5, 0.6) is 5.75 Å². The van der Waals surface area contributed by atoms with E-state index in [1.807, 2.05) is 49.4 Å². The number of ether oxygens (including phenoxy) is 1. The first kappa shape index (κ1) is 19.0. The number of carbonyl (C=O) groups is 2. The van der Waals surface area contributed by atoms with Crippen molar-refractivity contribution in [3.05, 3.63) is 59.7 Å². The predicted octanol–water partition coefficient (Wildman–Crippen LogP) is 3.95. The smallest absolute Gasteiger partial charge is 0.259 e. The molecule has 1 aliphatic rings. The molecule has 0 spiro atoms. The maximum absolute atomic E-state index is 13.0. The van der Waals surface area contributed by atoms with Crippen molar-refractivity contribution in [2.75, 3.05) is 18.1 Å². The molecule has 0 unspecified atom stereocenters. The van der Waals surface area contributed by atoms with E-state index in [1.54, 1.807) is 11.0 Å². The van der Waals surface area contributed by atoms with Crippen molar-refractivity contribution in [3.63, 3.8) is 0 Å². The van der Waals surface area contributed by atoms with Gasteiger partial charge in [0.15, 0.2) is 0 Å². The standard InChI is InChI=1S/C22H26N2O3/c1-4-27-17-11-9-16(10-12-17)24-20(21(25)23-14-13-15(2)3)18-7-5-6-8-19(18)22(24)26/h5-12,15,20H,4,13-14H2,1-3H3,(H,23,25)/t20-/m1/s1. The van der Waals surface area contributed by atoms with Crippen LogP contribution in [0, 0.1) is 5.92 Å². The summed E-state index contributed by atoms with van der Waals surface area (Å²) in [6.07, 6.45) is 0.900. The average Bonchev–Trinajstić information content (AvgIpc) is 2.95. The largest absolute Gasteiger partial charge is 0.494 e. The van der Waals surface area contributed by atoms with Crippen LogP contribution < -0.4 is 15.0 Å². The zero-order valence-corrected chi connectivity index (χ0v) is 16.1. The minimum absolute atomic E-state index is 0.150. The molecule has 0 saturated heterocycles. The normalized spacial score (nSPS) is 15.8. The molecule has 1 N–H and O–H groups in total. The zero-order valence-electron chi connectivity index (χ0n) is 16.1. The second-order valence-corrected chi connectivity index (χ2v) is 7.07. The Balaban J connectivity index is 1.90. The quantitative estimate of drug-likeness (QED) is 0.807. The van der Waals surface area contributed by atoms with Crippen molar-refractivity contribution in [2.45, 2.75) is 33.2 Å². The molecule has 1 aliphatic heterocycles. The van der Waals surface area contributed by atoms with Gasteiger partial charge in [0, 0.05) is 17.8 Å². The maximum Gasteiger partial charge on any atom is 0.259 e. The molecular formula is C22H26N2O3. The maximum atomic E-state index is 13.0. The highest BCUT2D eigenvalue weighted by Crippen LogP contribution is 2.38. The first-order valence-corrected chi connectivity index (χ1v) is 9.46. The fourth-order valence-electron chi connectivity index (χ4n) is 3.29. The van der Waals surface area contributed by atoms with Gasteiger partial charge in [0.05, 0.1) is 6.61 Å². The number of hydrogen-bond acceptors (Lipinski definition) is 3. The number of fused-ring (bicyclic) bond motifs is 1. The fraction of sp³-hybridized carbons (Fsp3) is 0.364. The molecule has 2 aromatic carbocycles. The van der Waals surface area contributed by atoms with Crippen LogP contribution in [0.3, 0.4) is 0 Å². The van der Waals surface area contributed by atoms with E-state index in [-0.39, 0.29) is 11.8 Å². The van der Waals surface area contributed by atoms with Crippen molar-refractivity contribution in [3.8, 4) is 5.75 Å². The highest BCUT2D eigenvalue weighted by molar-refractivity contribution is 6.15. The number of anilines is 1. The van der Waals surface area contributed by atoms with Crippen molar-refractivity contribution in [2.24, 2.45) is 5.92 Å². The Morgan fingerprint density at radius 2 is 1.85 bits per heavy atom. The van der Waals surface area contributed by atoms with Crippen LogP contribution in [0.2, 0.25) is 0 Å². The number of benzene rings is 2. The molecule has 27 heavy (non-hydrogen) atoms. The van der Waals surface area contributed by atoms with E-state index >= 15 is 0 Å². The van der Waals surface area contributed by atoms with Crippen LogP contribution in [-0.2, 0) is 4.79 Å². The van der Waals surface area contributed by atoms with Crippen molar-refractivity contribution < 1.29 is 14.3 Å². The van der Waals surface area contributed by atoms with Crippen molar-refractivity contribution in [1.29, 1.82) is 0 Å². The molecule has 3 rings (SSSR count). The number of nitrogens with zero attached hydrogens (tertiary/aromatic N) is 1. The van der Waals surface area contributed by atoms with Crippen molar-refractivity contribution in [1.82, 2.24) is 5.32 Å². The molecule has 0 aromatic heterocycles. The van der Waals surface area contributed by atoms with Crippen molar-refractivity contribution >= 4 is 17.5 Å². The molecule has 0 fully saturated rings. The summed E-state index contributed by atoms with van der Waals surface area (Å²) in [6.45, 7) is 7.33. The van der Waals surface area contributed by atoms with E-state index in [0.717, 1.165) is 17.7 Å². The molecule has 0 radical (unpaired) electrons. The summed E-state index contributed by atoms with van der Waals surface area (Å²) in [6, 6.07) is 14.0. The van der Waals surface area contributed by atoms with Crippen LogP contribution in [-0.4, -0.2) is 25.0 Å². The fourth-order valence-corrected chi connectivity index (χ4v) is 3.29. The Hall–Kier alpha value is -2.82. The average molecular weight is 366 g/mol. The first-order valence-electron chi connectivity index (χ1n) is 9.46. The summed E-state index contributed by atoms with van der Waals surface area (Å²) < 4.78 is 5.48. The van der Waals surface area contributed by atoms with Gasteiger partial charge < -0.3 is 10.1 Å². The van der Waals surface area contributed by atoms with Crippen LogP contribution >= 0.6 is 0 Å². The lowest BCUT2D eigenvalue weighted by atomic mass is 10.0. The lowest BCUT2D eigenvalue weighted by Gasteiger charge is -2.25. The predicted molar refractivity (Wildman–Crippen MR) is 106 cm³/mol. The van der Waals surface area contributed by atoms with E-state index in [4.69, 9.17) is 4.74 Å².